The lowest BCUT2D eigenvalue weighted by molar-refractivity contribution is -0.137. The molecule has 0 fully saturated rings. The smallest absolute Gasteiger partial charge is 0.263 e. The fourth-order valence-corrected chi connectivity index (χ4v) is 3.19. The van der Waals surface area contributed by atoms with Gasteiger partial charge in [-0.25, -0.2) is 9.79 Å². The average molecular weight is 420 g/mol. The van der Waals surface area contributed by atoms with Gasteiger partial charge >= 0.3 is 11.9 Å². The van der Waals surface area contributed by atoms with Crippen molar-refractivity contribution in [1.29, 1.82) is 0 Å². The van der Waals surface area contributed by atoms with E-state index in [1.165, 1.54) is 22.8 Å². The molecule has 26 heavy (non-hydrogen) atoms. The molecule has 1 heterocycles. The zero-order valence-electron chi connectivity index (χ0n) is 12.8. The topological polar surface area (TPSA) is 50.1 Å². The highest BCUT2D eigenvalue weighted by Crippen LogP contribution is 2.29. The summed E-state index contributed by atoms with van der Waals surface area (Å²) in [7, 11) is 0. The van der Waals surface area contributed by atoms with Crippen LogP contribution in [0.4, 0.5) is 18.9 Å². The van der Waals surface area contributed by atoms with E-state index in [4.69, 9.17) is 23.2 Å². The van der Waals surface area contributed by atoms with Gasteiger partial charge in [-0.2, -0.15) is 13.2 Å². The van der Waals surface area contributed by atoms with Gasteiger partial charge in [0.25, 0.3) is 0 Å². The molecular formula is C16H10Cl2F3N3OS. The van der Waals surface area contributed by atoms with Crippen molar-refractivity contribution in [3.05, 3.63) is 78.9 Å². The van der Waals surface area contributed by atoms with Crippen molar-refractivity contribution in [1.82, 2.24) is 8.94 Å². The fraction of sp³-hybridized carbons (Fsp3) is 0.125. The second-order valence-corrected chi connectivity index (χ2v) is 6.87. The van der Waals surface area contributed by atoms with Gasteiger partial charge in [0.15, 0.2) is 0 Å². The van der Waals surface area contributed by atoms with Crippen LogP contribution in [0.2, 0.25) is 10.0 Å². The average Bonchev–Trinajstić information content (AvgIpc) is 2.91. The van der Waals surface area contributed by atoms with E-state index >= 15 is 0 Å². The number of H-pyrrole nitrogens is 1. The first-order valence-corrected chi connectivity index (χ1v) is 8.75. The molecular weight excluding hydrogens is 410 g/mol. The molecule has 0 saturated heterocycles. The van der Waals surface area contributed by atoms with Crippen LogP contribution in [-0.4, -0.2) is 8.94 Å². The molecule has 1 N–H and O–H groups in total. The third-order valence-electron chi connectivity index (χ3n) is 3.43. The third kappa shape index (κ3) is 4.20. The summed E-state index contributed by atoms with van der Waals surface area (Å²) in [5, 5.41) is 0.671. The van der Waals surface area contributed by atoms with Crippen LogP contribution in [0.1, 0.15) is 11.1 Å². The van der Waals surface area contributed by atoms with Gasteiger partial charge in [0, 0.05) is 0 Å². The lowest BCUT2D eigenvalue weighted by Gasteiger charge is -2.08. The van der Waals surface area contributed by atoms with Gasteiger partial charge in [-0.15, -0.1) is 0 Å². The highest BCUT2D eigenvalue weighted by atomic mass is 35.5. The zero-order valence-corrected chi connectivity index (χ0v) is 15.2. The molecule has 10 heteroatoms. The Morgan fingerprint density at radius 3 is 2.58 bits per heavy atom. The maximum atomic E-state index is 12.8. The van der Waals surface area contributed by atoms with E-state index in [1.807, 2.05) is 0 Å². The number of benzene rings is 2. The van der Waals surface area contributed by atoms with E-state index in [9.17, 15) is 18.0 Å². The van der Waals surface area contributed by atoms with Crippen molar-refractivity contribution >= 4 is 40.4 Å². The normalized spacial score (nSPS) is 12.6. The first kappa shape index (κ1) is 18.8. The first-order valence-electron chi connectivity index (χ1n) is 7.18. The van der Waals surface area contributed by atoms with Gasteiger partial charge in [0.2, 0.25) is 4.80 Å². The van der Waals surface area contributed by atoms with Gasteiger partial charge in [0.1, 0.15) is 0 Å². The summed E-state index contributed by atoms with van der Waals surface area (Å²) in [6.45, 7) is -0.0527. The van der Waals surface area contributed by atoms with Crippen molar-refractivity contribution in [3.8, 4) is 0 Å². The fourth-order valence-electron chi connectivity index (χ4n) is 2.20. The zero-order chi connectivity index (χ0) is 18.9. The van der Waals surface area contributed by atoms with Crippen molar-refractivity contribution in [3.63, 3.8) is 0 Å². The van der Waals surface area contributed by atoms with Crippen LogP contribution in [0, 0.1) is 0 Å². The van der Waals surface area contributed by atoms with Crippen molar-refractivity contribution in [2.75, 3.05) is 0 Å². The van der Waals surface area contributed by atoms with Crippen molar-refractivity contribution < 1.29 is 13.2 Å². The van der Waals surface area contributed by atoms with Crippen LogP contribution in [0.15, 0.2) is 52.3 Å². The summed E-state index contributed by atoms with van der Waals surface area (Å²) < 4.78 is 42.3. The minimum Gasteiger partial charge on any atom is -0.263 e. The lowest BCUT2D eigenvalue weighted by Crippen LogP contribution is -2.27. The molecule has 3 rings (SSSR count). The molecule has 4 nitrogen and oxygen atoms in total. The van der Waals surface area contributed by atoms with Crippen molar-refractivity contribution in [2.45, 2.75) is 12.7 Å². The molecule has 0 spiro atoms. The number of hydrogen-bond donors (Lipinski definition) is 1. The molecule has 0 saturated carbocycles. The second kappa shape index (κ2) is 7.30. The van der Waals surface area contributed by atoms with Crippen LogP contribution in [0.25, 0.3) is 0 Å². The van der Waals surface area contributed by atoms with Gasteiger partial charge in [-0.05, 0) is 47.4 Å². The van der Waals surface area contributed by atoms with Crippen LogP contribution >= 0.6 is 34.7 Å². The molecule has 0 bridgehead atoms. The van der Waals surface area contributed by atoms with Crippen LogP contribution in [-0.2, 0) is 12.7 Å². The molecule has 2 aromatic carbocycles. The Hall–Kier alpha value is -2.03. The van der Waals surface area contributed by atoms with E-state index in [-0.39, 0.29) is 6.54 Å². The molecule has 0 amide bonds. The SMILES string of the molecule is O=c1[nH]sc(=Nc2ccc(Cl)c(Cl)c2)n1Cc1cccc(C(F)(F)F)c1. The Morgan fingerprint density at radius 1 is 1.12 bits per heavy atom. The first-order chi connectivity index (χ1) is 12.2. The Kier molecular flexibility index (Phi) is 5.27. The largest absolute Gasteiger partial charge is 0.416 e. The Balaban J connectivity index is 2.00. The number of alkyl halides is 3. The number of halogens is 5. The highest BCUT2D eigenvalue weighted by molar-refractivity contribution is 7.02. The summed E-state index contributed by atoms with van der Waals surface area (Å²) in [4.78, 5) is 16.6. The van der Waals surface area contributed by atoms with E-state index in [0.29, 0.717) is 26.1 Å². The van der Waals surface area contributed by atoms with Crippen LogP contribution < -0.4 is 10.5 Å². The molecule has 3 aromatic rings. The molecule has 0 aliphatic rings. The summed E-state index contributed by atoms with van der Waals surface area (Å²) in [6, 6.07) is 9.52. The molecule has 1 aromatic heterocycles. The number of hydrogen-bond acceptors (Lipinski definition) is 3. The van der Waals surface area contributed by atoms with Crippen LogP contribution in [0.5, 0.6) is 0 Å². The molecule has 0 radical (unpaired) electrons. The predicted molar refractivity (Wildman–Crippen MR) is 95.2 cm³/mol. The van der Waals surface area contributed by atoms with E-state index in [1.54, 1.807) is 12.1 Å². The third-order valence-corrected chi connectivity index (χ3v) is 4.94. The molecule has 0 aliphatic carbocycles. The monoisotopic (exact) mass is 419 g/mol. The Bertz CT molecular complexity index is 1070. The summed E-state index contributed by atoms with van der Waals surface area (Å²) in [6.07, 6.45) is -4.45. The predicted octanol–water partition coefficient (Wildman–Crippen LogP) is 4.84. The van der Waals surface area contributed by atoms with Crippen LogP contribution in [0.3, 0.4) is 0 Å². The minimum absolute atomic E-state index is 0.0527. The number of aromatic amines is 1. The van der Waals surface area contributed by atoms with E-state index in [2.05, 4.69) is 9.37 Å². The number of nitrogens with zero attached hydrogens (tertiary/aromatic N) is 2. The lowest BCUT2D eigenvalue weighted by atomic mass is 10.1. The minimum atomic E-state index is -4.45. The molecule has 0 aliphatic heterocycles. The number of rotatable bonds is 3. The van der Waals surface area contributed by atoms with Gasteiger partial charge in [0.05, 0.1) is 27.8 Å². The molecule has 136 valence electrons. The summed E-state index contributed by atoms with van der Waals surface area (Å²) in [5.74, 6) is 0. The standard InChI is InChI=1S/C16H10Cl2F3N3OS/c17-12-5-4-11(7-13(12)18)22-15-24(14(25)23-26-15)8-9-2-1-3-10(6-9)16(19,20)21/h1-7H,8H2,(H,23,25). The maximum absolute atomic E-state index is 12.8. The molecule has 0 atom stereocenters. The van der Waals surface area contributed by atoms with Gasteiger partial charge in [-0.1, -0.05) is 35.3 Å². The van der Waals surface area contributed by atoms with E-state index < -0.39 is 17.4 Å². The summed E-state index contributed by atoms with van der Waals surface area (Å²) in [5.41, 5.74) is -0.441. The second-order valence-electron chi connectivity index (χ2n) is 5.29. The van der Waals surface area contributed by atoms with Crippen molar-refractivity contribution in [2.24, 2.45) is 4.99 Å². The van der Waals surface area contributed by atoms with Gasteiger partial charge < -0.3 is 0 Å². The summed E-state index contributed by atoms with van der Waals surface area (Å²) >= 11 is 12.8. The van der Waals surface area contributed by atoms with Gasteiger partial charge in [-0.3, -0.25) is 8.94 Å². The quantitative estimate of drug-likeness (QED) is 0.648. The Labute approximate surface area is 159 Å². The van der Waals surface area contributed by atoms with E-state index in [0.717, 1.165) is 23.7 Å². The number of nitrogens with one attached hydrogen (secondary N) is 1. The maximum Gasteiger partial charge on any atom is 0.416 e. The molecule has 0 unspecified atom stereocenters. The number of aromatic nitrogens is 2. The highest BCUT2D eigenvalue weighted by Gasteiger charge is 2.30. The Morgan fingerprint density at radius 2 is 1.88 bits per heavy atom.